The van der Waals surface area contributed by atoms with Crippen LogP contribution in [-0.4, -0.2) is 67.8 Å². The lowest BCUT2D eigenvalue weighted by Crippen LogP contribution is -2.67. The molecule has 8 heteroatoms. The molecule has 30 heavy (non-hydrogen) atoms. The summed E-state index contributed by atoms with van der Waals surface area (Å²) in [7, 11) is -4.13. The van der Waals surface area contributed by atoms with Crippen LogP contribution in [0, 0.1) is 0 Å². The van der Waals surface area contributed by atoms with Crippen molar-refractivity contribution in [3.8, 4) is 0 Å². The number of hydrogen-bond donors (Lipinski definition) is 1. The van der Waals surface area contributed by atoms with Gasteiger partial charge in [0.2, 0.25) is 16.6 Å². The average molecular weight is 480 g/mol. The third-order valence-corrected chi connectivity index (χ3v) is 19.6. The van der Waals surface area contributed by atoms with Crippen molar-refractivity contribution in [1.82, 2.24) is 0 Å². The minimum absolute atomic E-state index is 0.132. The van der Waals surface area contributed by atoms with Crippen LogP contribution in [0.1, 0.15) is 53.9 Å². The fraction of sp³-hybridized carbons (Fsp3) is 1.00. The normalized spacial score (nSPS) is 15.5. The fourth-order valence-electron chi connectivity index (χ4n) is 3.58. The van der Waals surface area contributed by atoms with Gasteiger partial charge in [-0.3, -0.25) is 0 Å². The molecule has 0 rings (SSSR count). The molecular weight excluding hydrogens is 427 g/mol. The monoisotopic (exact) mass is 479 g/mol. The zero-order valence-corrected chi connectivity index (χ0v) is 25.2. The molecule has 0 aliphatic heterocycles. The maximum atomic E-state index is 7.03. The van der Waals surface area contributed by atoms with E-state index in [9.17, 15) is 0 Å². The Hall–Kier alpha value is 0.451. The zero-order chi connectivity index (χ0) is 23.9. The Kier molecular flexibility index (Phi) is 12.2. The Morgan fingerprint density at radius 1 is 0.833 bits per heavy atom. The summed E-state index contributed by atoms with van der Waals surface area (Å²) >= 11 is 0. The molecule has 0 amide bonds. The predicted octanol–water partition coefficient (Wildman–Crippen LogP) is 5.49. The molecule has 0 aliphatic carbocycles. The summed E-state index contributed by atoms with van der Waals surface area (Å²) in [6.45, 7) is 27.4. The van der Waals surface area contributed by atoms with Crippen LogP contribution in [0.3, 0.4) is 0 Å². The summed E-state index contributed by atoms with van der Waals surface area (Å²) in [5.41, 5.74) is 6.66. The summed E-state index contributed by atoms with van der Waals surface area (Å²) in [5, 5.41) is -0.424. The van der Waals surface area contributed by atoms with E-state index in [0.717, 1.165) is 25.9 Å². The summed E-state index contributed by atoms with van der Waals surface area (Å²) in [4.78, 5) is 0. The van der Waals surface area contributed by atoms with E-state index in [4.69, 9.17) is 24.1 Å². The molecule has 5 nitrogen and oxygen atoms in total. The highest BCUT2D eigenvalue weighted by Gasteiger charge is 2.52. The molecule has 0 saturated heterocycles. The molecule has 1 atom stereocenters. The van der Waals surface area contributed by atoms with Crippen LogP contribution in [0.4, 0.5) is 0 Å². The van der Waals surface area contributed by atoms with Crippen LogP contribution in [0.15, 0.2) is 0 Å². The van der Waals surface area contributed by atoms with Gasteiger partial charge in [-0.25, -0.2) is 0 Å². The molecule has 0 bridgehead atoms. The van der Waals surface area contributed by atoms with E-state index in [-0.39, 0.29) is 16.1 Å². The summed E-state index contributed by atoms with van der Waals surface area (Å²) in [6.07, 6.45) is 3.19. The second-order valence-electron chi connectivity index (χ2n) is 11.3. The molecule has 0 saturated carbocycles. The highest BCUT2D eigenvalue weighted by molar-refractivity contribution is 6.82. The Morgan fingerprint density at radius 2 is 1.40 bits per heavy atom. The van der Waals surface area contributed by atoms with Crippen molar-refractivity contribution >= 4 is 24.7 Å². The van der Waals surface area contributed by atoms with Gasteiger partial charge in [-0.1, -0.05) is 32.5 Å². The van der Waals surface area contributed by atoms with Crippen LogP contribution in [-0.2, 0) is 18.3 Å². The first-order valence-electron chi connectivity index (χ1n) is 11.7. The number of ether oxygens (including phenoxy) is 2. The van der Waals surface area contributed by atoms with E-state index >= 15 is 0 Å². The maximum Gasteiger partial charge on any atom is 0.216 e. The van der Waals surface area contributed by atoms with Crippen LogP contribution < -0.4 is 5.73 Å². The molecule has 0 aromatic rings. The third-order valence-electron chi connectivity index (χ3n) is 7.12. The molecule has 0 heterocycles. The van der Waals surface area contributed by atoms with Crippen molar-refractivity contribution in [1.29, 1.82) is 0 Å². The molecule has 0 aromatic heterocycles. The van der Waals surface area contributed by atoms with Gasteiger partial charge in [0.15, 0.2) is 0 Å². The summed E-state index contributed by atoms with van der Waals surface area (Å²) < 4.78 is 24.6. The lowest BCUT2D eigenvalue weighted by molar-refractivity contribution is 0.0702. The molecule has 0 fully saturated rings. The van der Waals surface area contributed by atoms with E-state index in [1.165, 1.54) is 6.04 Å². The van der Waals surface area contributed by atoms with Gasteiger partial charge >= 0.3 is 0 Å². The lowest BCUT2D eigenvalue weighted by Gasteiger charge is -2.51. The van der Waals surface area contributed by atoms with E-state index in [1.54, 1.807) is 7.11 Å². The molecular formula is C22H53NO4Si3. The predicted molar refractivity (Wildman–Crippen MR) is 138 cm³/mol. The second-order valence-corrected chi connectivity index (χ2v) is 25.4. The van der Waals surface area contributed by atoms with Crippen molar-refractivity contribution in [2.24, 2.45) is 5.73 Å². The van der Waals surface area contributed by atoms with Gasteiger partial charge in [0.05, 0.1) is 26.5 Å². The second kappa shape index (κ2) is 12.1. The lowest BCUT2D eigenvalue weighted by atomic mass is 10.3. The molecule has 1 unspecified atom stereocenters. The SMILES string of the molecule is CCCC(N)[Si](C)(C)OC(C)(C)[Si](C)(C)OC(C)(C)[Si](C)(C)CCCOCCOC. The Balaban J connectivity index is 5.13. The molecule has 0 aliphatic rings. The molecule has 0 spiro atoms. The fourth-order valence-corrected chi connectivity index (χ4v) is 12.8. The van der Waals surface area contributed by atoms with Crippen molar-refractivity contribution < 1.29 is 18.3 Å². The van der Waals surface area contributed by atoms with Gasteiger partial charge < -0.3 is 24.1 Å². The molecule has 182 valence electrons. The zero-order valence-electron chi connectivity index (χ0n) is 22.2. The minimum Gasteiger partial charge on any atom is -0.412 e. The van der Waals surface area contributed by atoms with Crippen LogP contribution in [0.2, 0.25) is 45.3 Å². The highest BCUT2D eigenvalue weighted by atomic mass is 28.4. The van der Waals surface area contributed by atoms with Crippen molar-refractivity contribution in [2.75, 3.05) is 26.9 Å². The van der Waals surface area contributed by atoms with E-state index in [1.807, 2.05) is 0 Å². The van der Waals surface area contributed by atoms with Gasteiger partial charge in [-0.2, -0.15) is 0 Å². The first-order valence-corrected chi connectivity index (χ1v) is 20.8. The van der Waals surface area contributed by atoms with Gasteiger partial charge in [0, 0.05) is 24.6 Å². The largest absolute Gasteiger partial charge is 0.412 e. The summed E-state index contributed by atoms with van der Waals surface area (Å²) in [5.74, 6) is 0. The third kappa shape index (κ3) is 9.13. The van der Waals surface area contributed by atoms with Gasteiger partial charge in [-0.05, 0) is 66.7 Å². The van der Waals surface area contributed by atoms with E-state index in [2.05, 4.69) is 73.9 Å². The van der Waals surface area contributed by atoms with Gasteiger partial charge in [0.1, 0.15) is 0 Å². The number of methoxy groups -OCH3 is 1. The molecule has 2 N–H and O–H groups in total. The molecule has 0 radical (unpaired) electrons. The van der Waals surface area contributed by atoms with Crippen LogP contribution in [0.5, 0.6) is 0 Å². The van der Waals surface area contributed by atoms with Gasteiger partial charge in [0.25, 0.3) is 0 Å². The Bertz CT molecular complexity index is 497. The standard InChI is InChI=1S/C22H53NO4Si3/c1-13-15-20(23)29(9,10)26-22(4,5)30(11,12)27-21(2,3)28(7,8)19-14-16-25-18-17-24-6/h20H,13-19,23H2,1-12H3. The van der Waals surface area contributed by atoms with Crippen molar-refractivity contribution in [2.45, 2.75) is 115 Å². The Labute approximate surface area is 191 Å². The van der Waals surface area contributed by atoms with Crippen molar-refractivity contribution in [3.05, 3.63) is 0 Å². The topological polar surface area (TPSA) is 62.9 Å². The van der Waals surface area contributed by atoms with Gasteiger partial charge in [-0.15, -0.1) is 0 Å². The highest BCUT2D eigenvalue weighted by Crippen LogP contribution is 2.37. The summed E-state index contributed by atoms with van der Waals surface area (Å²) in [6, 6.07) is 1.18. The Morgan fingerprint density at radius 3 is 1.90 bits per heavy atom. The van der Waals surface area contributed by atoms with Crippen molar-refractivity contribution in [3.63, 3.8) is 0 Å². The number of nitrogens with two attached hydrogens (primary N) is 1. The number of hydrogen-bond acceptors (Lipinski definition) is 5. The quantitative estimate of drug-likeness (QED) is 0.234. The van der Waals surface area contributed by atoms with E-state index < -0.39 is 24.7 Å². The van der Waals surface area contributed by atoms with Crippen LogP contribution in [0.25, 0.3) is 0 Å². The molecule has 0 aromatic carbocycles. The maximum absolute atomic E-state index is 7.03. The smallest absolute Gasteiger partial charge is 0.216 e. The number of rotatable bonds is 16. The first-order chi connectivity index (χ1) is 13.5. The first kappa shape index (κ1) is 30.5. The average Bonchev–Trinajstić information content (AvgIpc) is 2.56. The minimum atomic E-state index is -2.18. The van der Waals surface area contributed by atoms with E-state index in [0.29, 0.717) is 13.2 Å². The van der Waals surface area contributed by atoms with Crippen LogP contribution >= 0.6 is 0 Å².